The van der Waals surface area contributed by atoms with Crippen LogP contribution in [0.5, 0.6) is 11.5 Å². The summed E-state index contributed by atoms with van der Waals surface area (Å²) in [4.78, 5) is 12.8. The quantitative estimate of drug-likeness (QED) is 0.467. The molecule has 208 valence electrons. The molecule has 4 rings (SSSR count). The van der Waals surface area contributed by atoms with E-state index in [0.29, 0.717) is 32.1 Å². The molecule has 0 saturated carbocycles. The maximum Gasteiger partial charge on any atom is 0.422 e. The fourth-order valence-corrected chi connectivity index (χ4v) is 5.89. The molecule has 1 N–H and O–H groups in total. The average Bonchev–Trinajstić information content (AvgIpc) is 3.25. The van der Waals surface area contributed by atoms with Crippen molar-refractivity contribution >= 4 is 21.6 Å². The number of benzene rings is 2. The Hall–Kier alpha value is -2.83. The number of rotatable bonds is 9. The highest BCUT2D eigenvalue weighted by atomic mass is 32.2. The fraction of sp³-hybridized carbons (Fsp3) is 0.500. The highest BCUT2D eigenvalue weighted by Crippen LogP contribution is 2.32. The Labute approximate surface area is 220 Å². The number of nitrogens with zero attached hydrogens (tertiary/aromatic N) is 1. The van der Waals surface area contributed by atoms with Gasteiger partial charge >= 0.3 is 6.18 Å². The van der Waals surface area contributed by atoms with Gasteiger partial charge in [-0.3, -0.25) is 4.79 Å². The molecule has 1 amide bonds. The Bertz CT molecular complexity index is 1190. The molecular formula is C26H31F3N2O6S. The first-order chi connectivity index (χ1) is 18.1. The van der Waals surface area contributed by atoms with E-state index in [2.05, 4.69) is 5.32 Å². The van der Waals surface area contributed by atoms with E-state index < -0.39 is 28.7 Å². The maximum absolute atomic E-state index is 13.2. The monoisotopic (exact) mass is 556 g/mol. The lowest BCUT2D eigenvalue weighted by molar-refractivity contribution is -0.153. The van der Waals surface area contributed by atoms with Gasteiger partial charge in [-0.05, 0) is 68.1 Å². The van der Waals surface area contributed by atoms with Gasteiger partial charge in [-0.25, -0.2) is 8.42 Å². The zero-order valence-electron chi connectivity index (χ0n) is 20.8. The third kappa shape index (κ3) is 7.61. The van der Waals surface area contributed by atoms with Gasteiger partial charge in [0.05, 0.1) is 16.7 Å². The van der Waals surface area contributed by atoms with Crippen molar-refractivity contribution in [2.75, 3.05) is 38.2 Å². The summed E-state index contributed by atoms with van der Waals surface area (Å²) in [5.74, 6) is -0.393. The molecule has 2 aromatic carbocycles. The third-order valence-corrected chi connectivity index (χ3v) is 8.26. The molecule has 0 bridgehead atoms. The van der Waals surface area contributed by atoms with Crippen molar-refractivity contribution in [2.24, 2.45) is 0 Å². The zero-order valence-corrected chi connectivity index (χ0v) is 21.7. The van der Waals surface area contributed by atoms with Crippen LogP contribution >= 0.6 is 0 Å². The molecular weight excluding hydrogens is 525 g/mol. The van der Waals surface area contributed by atoms with Crippen LogP contribution in [0.25, 0.3) is 0 Å². The minimum absolute atomic E-state index is 0.0333. The largest absolute Gasteiger partial charge is 0.491 e. The van der Waals surface area contributed by atoms with Gasteiger partial charge < -0.3 is 19.5 Å². The van der Waals surface area contributed by atoms with Crippen molar-refractivity contribution in [3.05, 3.63) is 48.0 Å². The summed E-state index contributed by atoms with van der Waals surface area (Å²) in [5.41, 5.74) is 0.0332. The molecule has 2 aliphatic heterocycles. The predicted octanol–water partition coefficient (Wildman–Crippen LogP) is 5.00. The molecule has 8 nitrogen and oxygen atoms in total. The molecule has 0 spiro atoms. The number of amides is 1. The normalized spacial score (nSPS) is 19.1. The Morgan fingerprint density at radius 2 is 1.71 bits per heavy atom. The molecule has 1 atom stereocenters. The van der Waals surface area contributed by atoms with E-state index in [0.717, 1.165) is 50.7 Å². The highest BCUT2D eigenvalue weighted by Gasteiger charge is 2.30. The van der Waals surface area contributed by atoms with E-state index in [-0.39, 0.29) is 28.0 Å². The molecule has 1 unspecified atom stereocenters. The second kappa shape index (κ2) is 12.4. The lowest BCUT2D eigenvalue weighted by atomic mass is 10.2. The second-order valence-corrected chi connectivity index (χ2v) is 11.2. The van der Waals surface area contributed by atoms with Crippen LogP contribution < -0.4 is 14.8 Å². The first-order valence-electron chi connectivity index (χ1n) is 12.6. The van der Waals surface area contributed by atoms with Gasteiger partial charge in [0.2, 0.25) is 10.0 Å². The van der Waals surface area contributed by atoms with E-state index in [4.69, 9.17) is 14.2 Å². The molecule has 2 aliphatic rings. The van der Waals surface area contributed by atoms with Crippen LogP contribution in [0.15, 0.2) is 47.4 Å². The molecule has 0 radical (unpaired) electrons. The van der Waals surface area contributed by atoms with Gasteiger partial charge in [-0.1, -0.05) is 12.8 Å². The van der Waals surface area contributed by atoms with Gasteiger partial charge in [-0.2, -0.15) is 17.5 Å². The van der Waals surface area contributed by atoms with E-state index in [1.807, 2.05) is 0 Å². The van der Waals surface area contributed by atoms with Crippen molar-refractivity contribution in [3.63, 3.8) is 0 Å². The molecule has 2 saturated heterocycles. The molecule has 0 aromatic heterocycles. The van der Waals surface area contributed by atoms with Gasteiger partial charge in [-0.15, -0.1) is 0 Å². The van der Waals surface area contributed by atoms with Gasteiger partial charge in [0.25, 0.3) is 5.91 Å². The summed E-state index contributed by atoms with van der Waals surface area (Å²) < 4.78 is 82.4. The number of sulfonamides is 1. The average molecular weight is 557 g/mol. The van der Waals surface area contributed by atoms with E-state index in [9.17, 15) is 26.4 Å². The minimum atomic E-state index is -4.61. The van der Waals surface area contributed by atoms with Crippen molar-refractivity contribution in [3.8, 4) is 11.5 Å². The fourth-order valence-electron chi connectivity index (χ4n) is 4.35. The summed E-state index contributed by atoms with van der Waals surface area (Å²) in [7, 11) is -3.91. The summed E-state index contributed by atoms with van der Waals surface area (Å²) in [5, 5.41) is 2.51. The van der Waals surface area contributed by atoms with Crippen molar-refractivity contribution in [1.82, 2.24) is 4.31 Å². The summed E-state index contributed by atoms with van der Waals surface area (Å²) in [6.07, 6.45) is 0.634. The summed E-state index contributed by atoms with van der Waals surface area (Å²) in [6, 6.07) is 9.69. The highest BCUT2D eigenvalue weighted by molar-refractivity contribution is 7.89. The minimum Gasteiger partial charge on any atom is -0.491 e. The number of carbonyl (C=O) groups excluding carboxylic acids is 1. The number of ether oxygens (including phenoxy) is 3. The number of anilines is 1. The number of carbonyl (C=O) groups is 1. The van der Waals surface area contributed by atoms with Crippen LogP contribution in [0.4, 0.5) is 18.9 Å². The summed E-state index contributed by atoms with van der Waals surface area (Å²) >= 11 is 0. The van der Waals surface area contributed by atoms with Crippen LogP contribution in [0.3, 0.4) is 0 Å². The molecule has 2 heterocycles. The van der Waals surface area contributed by atoms with Crippen molar-refractivity contribution < 1.29 is 40.6 Å². The Morgan fingerprint density at radius 1 is 1.00 bits per heavy atom. The third-order valence-electron chi connectivity index (χ3n) is 6.37. The molecule has 2 fully saturated rings. The van der Waals surface area contributed by atoms with Crippen LogP contribution in [-0.2, 0) is 14.8 Å². The van der Waals surface area contributed by atoms with Crippen molar-refractivity contribution in [2.45, 2.75) is 55.7 Å². The molecule has 12 heteroatoms. The Morgan fingerprint density at radius 3 is 2.34 bits per heavy atom. The van der Waals surface area contributed by atoms with E-state index >= 15 is 0 Å². The topological polar surface area (TPSA) is 94.2 Å². The Kier molecular flexibility index (Phi) is 9.16. The predicted molar refractivity (Wildman–Crippen MR) is 134 cm³/mol. The van der Waals surface area contributed by atoms with E-state index in [1.165, 1.54) is 22.5 Å². The van der Waals surface area contributed by atoms with Crippen LogP contribution in [0.1, 0.15) is 48.9 Å². The zero-order chi connectivity index (χ0) is 27.2. The number of hydrogen-bond acceptors (Lipinski definition) is 6. The van der Waals surface area contributed by atoms with Crippen LogP contribution in [0.2, 0.25) is 0 Å². The lowest BCUT2D eigenvalue weighted by Gasteiger charge is -2.21. The Balaban J connectivity index is 1.52. The van der Waals surface area contributed by atoms with E-state index in [1.54, 1.807) is 12.1 Å². The summed E-state index contributed by atoms with van der Waals surface area (Å²) in [6.45, 7) is 0.228. The van der Waals surface area contributed by atoms with Crippen molar-refractivity contribution in [1.29, 1.82) is 0 Å². The smallest absolute Gasteiger partial charge is 0.422 e. The first-order valence-corrected chi connectivity index (χ1v) is 14.1. The van der Waals surface area contributed by atoms with Crippen LogP contribution in [0, 0.1) is 0 Å². The first kappa shape index (κ1) is 28.2. The molecule has 2 aromatic rings. The van der Waals surface area contributed by atoms with Gasteiger partial charge in [0, 0.05) is 25.3 Å². The SMILES string of the molecule is O=C(Nc1cc(S(=O)(=O)N2CCCCCC2)ccc1OCC(F)(F)F)c1ccc(OCC2CCCO2)cc1. The lowest BCUT2D eigenvalue weighted by Crippen LogP contribution is -2.32. The van der Waals surface area contributed by atoms with Crippen LogP contribution in [-0.4, -0.2) is 63.8 Å². The number of nitrogens with one attached hydrogen (secondary N) is 1. The maximum atomic E-state index is 13.2. The standard InChI is InChI=1S/C26H31F3N2O6S/c27-26(28,29)18-37-24-12-11-22(38(33,34)31-13-3-1-2-4-14-31)16-23(24)30-25(32)19-7-9-20(10-8-19)36-17-21-6-5-15-35-21/h7-12,16,21H,1-6,13-15,17-18H2,(H,30,32). The molecule has 0 aliphatic carbocycles. The number of halogens is 3. The molecule has 38 heavy (non-hydrogen) atoms. The number of alkyl halides is 3. The number of hydrogen-bond donors (Lipinski definition) is 1. The van der Waals surface area contributed by atoms with Gasteiger partial charge in [0.1, 0.15) is 18.1 Å². The second-order valence-electron chi connectivity index (χ2n) is 9.30. The van der Waals surface area contributed by atoms with Gasteiger partial charge in [0.15, 0.2) is 6.61 Å².